The Balaban J connectivity index is 2.88. The van der Waals surface area contributed by atoms with Gasteiger partial charge in [-0.3, -0.25) is 0 Å². The molecule has 1 heterocycles. The predicted molar refractivity (Wildman–Crippen MR) is 60.3 cm³/mol. The van der Waals surface area contributed by atoms with Crippen LogP contribution in [0.25, 0.3) is 11.0 Å². The van der Waals surface area contributed by atoms with Gasteiger partial charge in [0.1, 0.15) is 5.58 Å². The molecule has 4 heteroatoms. The maximum Gasteiger partial charge on any atom is 0.372 e. The fourth-order valence-electron chi connectivity index (χ4n) is 1.62. The zero-order chi connectivity index (χ0) is 11.2. The summed E-state index contributed by atoms with van der Waals surface area (Å²) in [6.07, 6.45) is 0. The first-order chi connectivity index (χ1) is 7.00. The molecule has 0 saturated carbocycles. The Morgan fingerprint density at radius 2 is 2.07 bits per heavy atom. The second-order valence-corrected chi connectivity index (χ2v) is 4.34. The van der Waals surface area contributed by atoms with Crippen molar-refractivity contribution in [1.82, 2.24) is 0 Å². The van der Waals surface area contributed by atoms with E-state index in [0.29, 0.717) is 11.1 Å². The normalized spacial score (nSPS) is 10.9. The van der Waals surface area contributed by atoms with Crippen molar-refractivity contribution >= 4 is 32.9 Å². The highest BCUT2D eigenvalue weighted by molar-refractivity contribution is 9.10. The highest BCUT2D eigenvalue weighted by Crippen LogP contribution is 2.32. The minimum Gasteiger partial charge on any atom is -0.475 e. The Kier molecular flexibility index (Phi) is 2.31. The molecule has 0 saturated heterocycles. The molecule has 0 fully saturated rings. The summed E-state index contributed by atoms with van der Waals surface area (Å²) in [6, 6.07) is 3.82. The molecule has 0 atom stereocenters. The maximum absolute atomic E-state index is 10.9. The van der Waals surface area contributed by atoms with Crippen LogP contribution in [0.1, 0.15) is 21.7 Å². The van der Waals surface area contributed by atoms with Crippen LogP contribution in [0.15, 0.2) is 21.0 Å². The summed E-state index contributed by atoms with van der Waals surface area (Å²) < 4.78 is 6.08. The van der Waals surface area contributed by atoms with Crippen molar-refractivity contribution < 1.29 is 14.3 Å². The van der Waals surface area contributed by atoms with E-state index in [1.54, 1.807) is 6.92 Å². The quantitative estimate of drug-likeness (QED) is 0.861. The summed E-state index contributed by atoms with van der Waals surface area (Å²) in [6.45, 7) is 3.71. The summed E-state index contributed by atoms with van der Waals surface area (Å²) in [7, 11) is 0. The van der Waals surface area contributed by atoms with Gasteiger partial charge < -0.3 is 9.52 Å². The number of aryl methyl sites for hydroxylation is 2. The molecule has 1 aromatic carbocycles. The predicted octanol–water partition coefficient (Wildman–Crippen LogP) is 3.51. The number of carboxylic acids is 1. The van der Waals surface area contributed by atoms with E-state index in [0.717, 1.165) is 15.4 Å². The number of furan rings is 1. The summed E-state index contributed by atoms with van der Waals surface area (Å²) in [5.41, 5.74) is 2.33. The lowest BCUT2D eigenvalue weighted by atomic mass is 10.1. The van der Waals surface area contributed by atoms with Crippen LogP contribution in [-0.2, 0) is 0 Å². The SMILES string of the molecule is Cc1cc(Br)c2oc(C(=O)O)c(C)c2c1. The van der Waals surface area contributed by atoms with Gasteiger partial charge in [-0.05, 0) is 47.5 Å². The molecule has 1 aromatic heterocycles. The van der Waals surface area contributed by atoms with Gasteiger partial charge in [-0.2, -0.15) is 0 Å². The first kappa shape index (κ1) is 10.2. The van der Waals surface area contributed by atoms with Crippen molar-refractivity contribution in [2.24, 2.45) is 0 Å². The molecule has 0 aliphatic carbocycles. The van der Waals surface area contributed by atoms with Gasteiger partial charge in [0.15, 0.2) is 0 Å². The van der Waals surface area contributed by atoms with Gasteiger partial charge in [0, 0.05) is 10.9 Å². The van der Waals surface area contributed by atoms with Gasteiger partial charge in [0.05, 0.1) is 4.47 Å². The zero-order valence-electron chi connectivity index (χ0n) is 8.30. The standard InChI is InChI=1S/C11H9BrO3/c1-5-3-7-6(2)9(11(13)14)15-10(7)8(12)4-5/h3-4H,1-2H3,(H,13,14). The molecule has 0 unspecified atom stereocenters. The van der Waals surface area contributed by atoms with E-state index in [2.05, 4.69) is 15.9 Å². The van der Waals surface area contributed by atoms with E-state index < -0.39 is 5.97 Å². The van der Waals surface area contributed by atoms with E-state index in [9.17, 15) is 4.79 Å². The van der Waals surface area contributed by atoms with E-state index in [1.165, 1.54) is 0 Å². The molecule has 0 spiro atoms. The van der Waals surface area contributed by atoms with Crippen molar-refractivity contribution in [3.05, 3.63) is 33.5 Å². The topological polar surface area (TPSA) is 50.4 Å². The highest BCUT2D eigenvalue weighted by atomic mass is 79.9. The lowest BCUT2D eigenvalue weighted by Crippen LogP contribution is -1.95. The number of carbonyl (C=O) groups is 1. The lowest BCUT2D eigenvalue weighted by Gasteiger charge is -1.95. The van der Waals surface area contributed by atoms with Crippen LogP contribution in [-0.4, -0.2) is 11.1 Å². The molecule has 15 heavy (non-hydrogen) atoms. The van der Waals surface area contributed by atoms with Crippen LogP contribution in [0.2, 0.25) is 0 Å². The van der Waals surface area contributed by atoms with Crippen molar-refractivity contribution in [2.45, 2.75) is 13.8 Å². The number of hydrogen-bond donors (Lipinski definition) is 1. The van der Waals surface area contributed by atoms with Gasteiger partial charge in [-0.15, -0.1) is 0 Å². The fraction of sp³-hybridized carbons (Fsp3) is 0.182. The Morgan fingerprint density at radius 1 is 1.40 bits per heavy atom. The van der Waals surface area contributed by atoms with Gasteiger partial charge in [0.2, 0.25) is 5.76 Å². The van der Waals surface area contributed by atoms with Crippen molar-refractivity contribution in [1.29, 1.82) is 0 Å². The van der Waals surface area contributed by atoms with Crippen LogP contribution in [0.3, 0.4) is 0 Å². The lowest BCUT2D eigenvalue weighted by molar-refractivity contribution is 0.0664. The average molecular weight is 269 g/mol. The molecule has 1 N–H and O–H groups in total. The first-order valence-electron chi connectivity index (χ1n) is 4.43. The molecule has 3 nitrogen and oxygen atoms in total. The Hall–Kier alpha value is -1.29. The van der Waals surface area contributed by atoms with E-state index in [1.807, 2.05) is 19.1 Å². The van der Waals surface area contributed by atoms with Crippen molar-refractivity contribution in [3.63, 3.8) is 0 Å². The number of carboxylic acid groups (broad SMARTS) is 1. The van der Waals surface area contributed by atoms with Gasteiger partial charge >= 0.3 is 5.97 Å². The first-order valence-corrected chi connectivity index (χ1v) is 5.22. The average Bonchev–Trinajstić information content (AvgIpc) is 2.44. The fourth-order valence-corrected chi connectivity index (χ4v) is 2.27. The third kappa shape index (κ3) is 1.55. The summed E-state index contributed by atoms with van der Waals surface area (Å²) in [4.78, 5) is 10.9. The van der Waals surface area contributed by atoms with Crippen LogP contribution in [0, 0.1) is 13.8 Å². The smallest absolute Gasteiger partial charge is 0.372 e. The highest BCUT2D eigenvalue weighted by Gasteiger charge is 2.18. The molecule has 2 rings (SSSR count). The van der Waals surface area contributed by atoms with Crippen molar-refractivity contribution in [2.75, 3.05) is 0 Å². The molecule has 2 aromatic rings. The minimum absolute atomic E-state index is 0.0105. The summed E-state index contributed by atoms with van der Waals surface area (Å²) in [5, 5.41) is 9.76. The zero-order valence-corrected chi connectivity index (χ0v) is 9.88. The van der Waals surface area contributed by atoms with Gasteiger partial charge in [-0.1, -0.05) is 0 Å². The molecule has 0 aliphatic rings. The second-order valence-electron chi connectivity index (χ2n) is 3.48. The molecule has 0 aliphatic heterocycles. The van der Waals surface area contributed by atoms with Gasteiger partial charge in [-0.25, -0.2) is 4.79 Å². The van der Waals surface area contributed by atoms with Crippen molar-refractivity contribution in [3.8, 4) is 0 Å². The number of rotatable bonds is 1. The number of benzene rings is 1. The summed E-state index contributed by atoms with van der Waals surface area (Å²) >= 11 is 3.36. The third-order valence-corrected chi connectivity index (χ3v) is 2.92. The molecule has 78 valence electrons. The number of halogens is 1. The molecular weight excluding hydrogens is 260 g/mol. The van der Waals surface area contributed by atoms with Crippen LogP contribution < -0.4 is 0 Å². The number of fused-ring (bicyclic) bond motifs is 1. The van der Waals surface area contributed by atoms with E-state index >= 15 is 0 Å². The maximum atomic E-state index is 10.9. The largest absolute Gasteiger partial charge is 0.475 e. The third-order valence-electron chi connectivity index (χ3n) is 2.33. The van der Waals surface area contributed by atoms with Gasteiger partial charge in [0.25, 0.3) is 0 Å². The molecular formula is C11H9BrO3. The minimum atomic E-state index is -1.03. The van der Waals surface area contributed by atoms with Crippen LogP contribution in [0.5, 0.6) is 0 Å². The van der Waals surface area contributed by atoms with Crippen LogP contribution >= 0.6 is 15.9 Å². The molecule has 0 bridgehead atoms. The monoisotopic (exact) mass is 268 g/mol. The molecule has 0 amide bonds. The second kappa shape index (κ2) is 3.38. The summed E-state index contributed by atoms with van der Waals surface area (Å²) in [5.74, 6) is -1.02. The van der Waals surface area contributed by atoms with E-state index in [4.69, 9.17) is 9.52 Å². The molecule has 0 radical (unpaired) electrons. The van der Waals surface area contributed by atoms with Crippen LogP contribution in [0.4, 0.5) is 0 Å². The Bertz CT molecular complexity index is 554. The Morgan fingerprint density at radius 3 is 2.67 bits per heavy atom. The number of hydrogen-bond acceptors (Lipinski definition) is 2. The number of aromatic carboxylic acids is 1. The van der Waals surface area contributed by atoms with E-state index in [-0.39, 0.29) is 5.76 Å². The Labute approximate surface area is 94.8 Å².